The van der Waals surface area contributed by atoms with Crippen LogP contribution in [0.25, 0.3) is 5.65 Å². The molecule has 0 fully saturated rings. The number of benzene rings is 1. The second-order valence-corrected chi connectivity index (χ2v) is 4.43. The van der Waals surface area contributed by atoms with Gasteiger partial charge in [-0.15, -0.1) is 0 Å². The summed E-state index contributed by atoms with van der Waals surface area (Å²) in [5.74, 6) is 0.883. The number of aryl methyl sites for hydroxylation is 1. The lowest BCUT2D eigenvalue weighted by Crippen LogP contribution is -2.05. The van der Waals surface area contributed by atoms with Crippen LogP contribution in [0.1, 0.15) is 11.1 Å². The van der Waals surface area contributed by atoms with E-state index >= 15 is 0 Å². The Balaban J connectivity index is 2.07. The van der Waals surface area contributed by atoms with Crippen LogP contribution in [0.3, 0.4) is 0 Å². The number of nitrogens with two attached hydrogens (primary N) is 1. The molecule has 0 unspecified atom stereocenters. The van der Waals surface area contributed by atoms with Crippen LogP contribution in [0.15, 0.2) is 42.7 Å². The van der Waals surface area contributed by atoms with E-state index in [0.29, 0.717) is 6.54 Å². The molecule has 1 aromatic carbocycles. The number of hydrogen-bond donors (Lipinski definition) is 2. The monoisotopic (exact) mass is 253 g/mol. The van der Waals surface area contributed by atoms with E-state index < -0.39 is 0 Å². The number of nitrogens with zero attached hydrogens (tertiary/aromatic N) is 3. The van der Waals surface area contributed by atoms with Gasteiger partial charge in [0.25, 0.3) is 0 Å². The summed E-state index contributed by atoms with van der Waals surface area (Å²) in [4.78, 5) is 4.21. The van der Waals surface area contributed by atoms with E-state index in [2.05, 4.69) is 15.4 Å². The molecular weight excluding hydrogens is 238 g/mol. The Labute approximate surface area is 111 Å². The van der Waals surface area contributed by atoms with E-state index in [4.69, 9.17) is 5.73 Å². The predicted octanol–water partition coefficient (Wildman–Crippen LogP) is 2.24. The highest BCUT2D eigenvalue weighted by Crippen LogP contribution is 2.21. The first kappa shape index (κ1) is 11.7. The minimum Gasteiger partial charge on any atom is -0.340 e. The molecule has 0 aliphatic rings. The zero-order chi connectivity index (χ0) is 13.2. The standard InChI is InChI=1S/C14H15N5/c1-10-6-13-16-9-17-19(13)14(7-10)18-12-5-3-2-4-11(12)8-15/h2-7,9,18H,8,15H2,1H3. The number of nitrogens with one attached hydrogen (secondary N) is 1. The predicted molar refractivity (Wildman–Crippen MR) is 75.3 cm³/mol. The maximum absolute atomic E-state index is 5.75. The highest BCUT2D eigenvalue weighted by molar-refractivity contribution is 5.63. The van der Waals surface area contributed by atoms with Crippen LogP contribution in [0.4, 0.5) is 11.5 Å². The average Bonchev–Trinajstić information content (AvgIpc) is 2.87. The molecule has 3 aromatic rings. The van der Waals surface area contributed by atoms with Crippen LogP contribution in [0, 0.1) is 6.92 Å². The molecule has 2 heterocycles. The lowest BCUT2D eigenvalue weighted by Gasteiger charge is -2.12. The van der Waals surface area contributed by atoms with E-state index in [1.807, 2.05) is 43.3 Å². The molecule has 0 atom stereocenters. The van der Waals surface area contributed by atoms with Crippen molar-refractivity contribution in [3.8, 4) is 0 Å². The Morgan fingerprint density at radius 1 is 1.26 bits per heavy atom. The quantitative estimate of drug-likeness (QED) is 0.751. The Morgan fingerprint density at radius 2 is 2.11 bits per heavy atom. The van der Waals surface area contributed by atoms with Crippen molar-refractivity contribution in [3.05, 3.63) is 53.9 Å². The molecule has 5 nitrogen and oxygen atoms in total. The van der Waals surface area contributed by atoms with Crippen molar-refractivity contribution >= 4 is 17.2 Å². The van der Waals surface area contributed by atoms with Crippen LogP contribution in [-0.4, -0.2) is 14.6 Å². The maximum Gasteiger partial charge on any atom is 0.157 e. The number of para-hydroxylation sites is 1. The lowest BCUT2D eigenvalue weighted by molar-refractivity contribution is 0.963. The van der Waals surface area contributed by atoms with Crippen molar-refractivity contribution in [2.45, 2.75) is 13.5 Å². The van der Waals surface area contributed by atoms with Gasteiger partial charge in [0.15, 0.2) is 5.65 Å². The van der Waals surface area contributed by atoms with Crippen molar-refractivity contribution in [2.75, 3.05) is 5.32 Å². The van der Waals surface area contributed by atoms with Gasteiger partial charge in [0.2, 0.25) is 0 Å². The molecule has 0 saturated carbocycles. The van der Waals surface area contributed by atoms with Crippen molar-refractivity contribution in [1.29, 1.82) is 0 Å². The SMILES string of the molecule is Cc1cc(Nc2ccccc2CN)n2ncnc2c1. The van der Waals surface area contributed by atoms with Gasteiger partial charge >= 0.3 is 0 Å². The topological polar surface area (TPSA) is 68.2 Å². The van der Waals surface area contributed by atoms with Gasteiger partial charge in [0.1, 0.15) is 12.1 Å². The van der Waals surface area contributed by atoms with E-state index in [9.17, 15) is 0 Å². The summed E-state index contributed by atoms with van der Waals surface area (Å²) >= 11 is 0. The summed E-state index contributed by atoms with van der Waals surface area (Å²) in [6.45, 7) is 2.53. The van der Waals surface area contributed by atoms with Crippen molar-refractivity contribution in [2.24, 2.45) is 5.73 Å². The molecule has 19 heavy (non-hydrogen) atoms. The van der Waals surface area contributed by atoms with Gasteiger partial charge in [-0.2, -0.15) is 9.61 Å². The zero-order valence-corrected chi connectivity index (χ0v) is 10.7. The third kappa shape index (κ3) is 2.15. The van der Waals surface area contributed by atoms with Crippen LogP contribution in [-0.2, 0) is 6.54 Å². The van der Waals surface area contributed by atoms with Gasteiger partial charge in [-0.25, -0.2) is 4.98 Å². The molecule has 5 heteroatoms. The highest BCUT2D eigenvalue weighted by atomic mass is 15.3. The van der Waals surface area contributed by atoms with Gasteiger partial charge in [0, 0.05) is 12.2 Å². The van der Waals surface area contributed by atoms with E-state index in [-0.39, 0.29) is 0 Å². The molecule has 96 valence electrons. The average molecular weight is 253 g/mol. The molecule has 3 rings (SSSR count). The molecule has 0 amide bonds. The molecule has 2 aromatic heterocycles. The Hall–Kier alpha value is -2.40. The minimum atomic E-state index is 0.496. The number of fused-ring (bicyclic) bond motifs is 1. The summed E-state index contributed by atoms with van der Waals surface area (Å²) in [7, 11) is 0. The fourth-order valence-corrected chi connectivity index (χ4v) is 2.10. The molecule has 3 N–H and O–H groups in total. The smallest absolute Gasteiger partial charge is 0.157 e. The van der Waals surface area contributed by atoms with E-state index in [0.717, 1.165) is 28.3 Å². The number of anilines is 2. The number of rotatable bonds is 3. The summed E-state index contributed by atoms with van der Waals surface area (Å²) in [5.41, 5.74) is 9.77. The van der Waals surface area contributed by atoms with Crippen molar-refractivity contribution in [1.82, 2.24) is 14.6 Å². The Bertz CT molecular complexity index is 717. The molecular formula is C14H15N5. The molecule has 0 spiro atoms. The summed E-state index contributed by atoms with van der Waals surface area (Å²) in [6, 6.07) is 12.0. The lowest BCUT2D eigenvalue weighted by atomic mass is 10.2. The van der Waals surface area contributed by atoms with Crippen molar-refractivity contribution in [3.63, 3.8) is 0 Å². The number of pyridine rings is 1. The van der Waals surface area contributed by atoms with Gasteiger partial charge in [-0.05, 0) is 36.2 Å². The highest BCUT2D eigenvalue weighted by Gasteiger charge is 2.06. The first-order valence-electron chi connectivity index (χ1n) is 6.13. The third-order valence-electron chi connectivity index (χ3n) is 3.02. The van der Waals surface area contributed by atoms with Crippen LogP contribution >= 0.6 is 0 Å². The Morgan fingerprint density at radius 3 is 2.95 bits per heavy atom. The van der Waals surface area contributed by atoms with Crippen LogP contribution in [0.5, 0.6) is 0 Å². The van der Waals surface area contributed by atoms with Gasteiger partial charge < -0.3 is 11.1 Å². The Kier molecular flexibility index (Phi) is 2.89. The largest absolute Gasteiger partial charge is 0.340 e. The summed E-state index contributed by atoms with van der Waals surface area (Å²) in [5, 5.41) is 7.60. The summed E-state index contributed by atoms with van der Waals surface area (Å²) in [6.07, 6.45) is 1.55. The third-order valence-corrected chi connectivity index (χ3v) is 3.02. The van der Waals surface area contributed by atoms with Crippen molar-refractivity contribution < 1.29 is 0 Å². The number of hydrogen-bond acceptors (Lipinski definition) is 4. The first-order chi connectivity index (χ1) is 9.28. The van der Waals surface area contributed by atoms with Crippen LogP contribution < -0.4 is 11.1 Å². The molecule has 0 radical (unpaired) electrons. The fourth-order valence-electron chi connectivity index (χ4n) is 2.10. The first-order valence-corrected chi connectivity index (χ1v) is 6.13. The minimum absolute atomic E-state index is 0.496. The molecule has 0 aliphatic carbocycles. The van der Waals surface area contributed by atoms with E-state index in [1.165, 1.54) is 0 Å². The zero-order valence-electron chi connectivity index (χ0n) is 10.7. The number of aromatic nitrogens is 3. The van der Waals surface area contributed by atoms with E-state index in [1.54, 1.807) is 10.8 Å². The molecule has 0 aliphatic heterocycles. The second-order valence-electron chi connectivity index (χ2n) is 4.43. The maximum atomic E-state index is 5.75. The molecule has 0 bridgehead atoms. The van der Waals surface area contributed by atoms with Gasteiger partial charge in [-0.1, -0.05) is 18.2 Å². The summed E-state index contributed by atoms with van der Waals surface area (Å²) < 4.78 is 1.78. The normalized spacial score (nSPS) is 10.8. The fraction of sp³-hybridized carbons (Fsp3) is 0.143. The second kappa shape index (κ2) is 4.70. The van der Waals surface area contributed by atoms with Gasteiger partial charge in [-0.3, -0.25) is 0 Å². The van der Waals surface area contributed by atoms with Crippen LogP contribution in [0.2, 0.25) is 0 Å². The van der Waals surface area contributed by atoms with Gasteiger partial charge in [0.05, 0.1) is 0 Å². The molecule has 0 saturated heterocycles.